The predicted octanol–water partition coefficient (Wildman–Crippen LogP) is 3.51. The fourth-order valence-electron chi connectivity index (χ4n) is 0.780. The summed E-state index contributed by atoms with van der Waals surface area (Å²) in [6, 6.07) is 3.47. The lowest BCUT2D eigenvalue weighted by Crippen LogP contribution is -1.91. The fourth-order valence-corrected chi connectivity index (χ4v) is 1.27. The minimum absolute atomic E-state index is 0.367. The Morgan fingerprint density at radius 2 is 1.91 bits per heavy atom. The molecular weight excluding hydrogens is 181 g/mol. The van der Waals surface area contributed by atoms with Gasteiger partial charge >= 0.3 is 0 Å². The van der Waals surface area contributed by atoms with Gasteiger partial charge in [0.05, 0.1) is 0 Å². The minimum atomic E-state index is 0.367. The molecule has 0 saturated carbocycles. The summed E-state index contributed by atoms with van der Waals surface area (Å²) < 4.78 is 0. The highest BCUT2D eigenvalue weighted by molar-refractivity contribution is 6.33. The Labute approximate surface area is 76.4 Å². The molecule has 1 nitrogen and oxygen atoms in total. The molecule has 0 aliphatic carbocycles. The van der Waals surface area contributed by atoms with Crippen LogP contribution in [0.2, 0.25) is 10.2 Å². The van der Waals surface area contributed by atoms with Gasteiger partial charge in [0.1, 0.15) is 5.15 Å². The Morgan fingerprint density at radius 1 is 1.27 bits per heavy atom. The van der Waals surface area contributed by atoms with E-state index >= 15 is 0 Å². The first kappa shape index (κ1) is 8.82. The van der Waals surface area contributed by atoms with E-state index in [1.165, 1.54) is 0 Å². The van der Waals surface area contributed by atoms with E-state index in [9.17, 15) is 0 Å². The monoisotopic (exact) mass is 189 g/mol. The molecule has 0 amide bonds. The summed E-state index contributed by atoms with van der Waals surface area (Å²) in [6.07, 6.45) is 0. The predicted molar refractivity (Wildman–Crippen MR) is 48.3 cm³/mol. The summed E-state index contributed by atoms with van der Waals surface area (Å²) in [5.74, 6) is 0.367. The lowest BCUT2D eigenvalue weighted by atomic mass is 10.1. The van der Waals surface area contributed by atoms with Gasteiger partial charge in [-0.1, -0.05) is 37.0 Å². The molecule has 1 heterocycles. The van der Waals surface area contributed by atoms with Crippen LogP contribution in [0.15, 0.2) is 12.1 Å². The number of halogens is 2. The first-order chi connectivity index (χ1) is 5.09. The van der Waals surface area contributed by atoms with Crippen molar-refractivity contribution in [3.8, 4) is 0 Å². The molecule has 1 rings (SSSR count). The Balaban J connectivity index is 3.08. The normalized spacial score (nSPS) is 10.6. The van der Waals surface area contributed by atoms with Gasteiger partial charge < -0.3 is 0 Å². The molecule has 0 N–H and O–H groups in total. The summed E-state index contributed by atoms with van der Waals surface area (Å²) in [6.45, 7) is 4.10. The molecule has 3 heteroatoms. The standard InChI is InChI=1S/C8H9Cl2N/c1-5(2)7-3-6(9)4-8(10)11-7/h3-5H,1-2H3. The topological polar surface area (TPSA) is 12.9 Å². The molecule has 0 saturated heterocycles. The Kier molecular flexibility index (Phi) is 2.74. The highest BCUT2D eigenvalue weighted by Gasteiger charge is 2.02. The van der Waals surface area contributed by atoms with Crippen LogP contribution in [-0.2, 0) is 0 Å². The lowest BCUT2D eigenvalue weighted by Gasteiger charge is -2.04. The number of hydrogen-bond acceptors (Lipinski definition) is 1. The highest BCUT2D eigenvalue weighted by Crippen LogP contribution is 2.20. The minimum Gasteiger partial charge on any atom is -0.241 e. The van der Waals surface area contributed by atoms with Gasteiger partial charge in [0.15, 0.2) is 0 Å². The van der Waals surface area contributed by atoms with E-state index in [4.69, 9.17) is 23.2 Å². The number of hydrogen-bond donors (Lipinski definition) is 0. The molecule has 0 unspecified atom stereocenters. The molecule has 11 heavy (non-hydrogen) atoms. The van der Waals surface area contributed by atoms with E-state index < -0.39 is 0 Å². The van der Waals surface area contributed by atoms with Crippen LogP contribution in [0.1, 0.15) is 25.5 Å². The molecule has 60 valence electrons. The molecular formula is C8H9Cl2N. The van der Waals surface area contributed by atoms with E-state index in [-0.39, 0.29) is 0 Å². The van der Waals surface area contributed by atoms with Crippen molar-refractivity contribution in [3.63, 3.8) is 0 Å². The molecule has 0 radical (unpaired) electrons. The van der Waals surface area contributed by atoms with Gasteiger partial charge in [-0.15, -0.1) is 0 Å². The summed E-state index contributed by atoms with van der Waals surface area (Å²) in [5.41, 5.74) is 0.933. The molecule has 0 fully saturated rings. The Morgan fingerprint density at radius 3 is 2.36 bits per heavy atom. The van der Waals surface area contributed by atoms with E-state index in [0.717, 1.165) is 5.69 Å². The van der Waals surface area contributed by atoms with Crippen molar-refractivity contribution in [3.05, 3.63) is 28.0 Å². The van der Waals surface area contributed by atoms with Crippen LogP contribution in [-0.4, -0.2) is 4.98 Å². The average molecular weight is 190 g/mol. The van der Waals surface area contributed by atoms with Gasteiger partial charge in [0, 0.05) is 10.7 Å². The highest BCUT2D eigenvalue weighted by atomic mass is 35.5. The van der Waals surface area contributed by atoms with Gasteiger partial charge in [0.25, 0.3) is 0 Å². The fraction of sp³-hybridized carbons (Fsp3) is 0.375. The largest absolute Gasteiger partial charge is 0.241 e. The molecule has 0 spiro atoms. The van der Waals surface area contributed by atoms with Gasteiger partial charge in [-0.3, -0.25) is 0 Å². The van der Waals surface area contributed by atoms with E-state index in [0.29, 0.717) is 16.1 Å². The van der Waals surface area contributed by atoms with Crippen molar-refractivity contribution >= 4 is 23.2 Å². The molecule has 0 aliphatic heterocycles. The van der Waals surface area contributed by atoms with E-state index in [2.05, 4.69) is 18.8 Å². The van der Waals surface area contributed by atoms with Crippen molar-refractivity contribution in [2.24, 2.45) is 0 Å². The average Bonchev–Trinajstić information content (AvgIpc) is 1.85. The van der Waals surface area contributed by atoms with Crippen molar-refractivity contribution < 1.29 is 0 Å². The van der Waals surface area contributed by atoms with Crippen LogP contribution in [0.4, 0.5) is 0 Å². The van der Waals surface area contributed by atoms with Gasteiger partial charge in [-0.05, 0) is 18.1 Å². The summed E-state index contributed by atoms with van der Waals surface area (Å²) in [5, 5.41) is 1.11. The van der Waals surface area contributed by atoms with Gasteiger partial charge in [-0.25, -0.2) is 4.98 Å². The quantitative estimate of drug-likeness (QED) is 0.617. The molecule has 0 aliphatic rings. The van der Waals surface area contributed by atoms with Crippen LogP contribution < -0.4 is 0 Å². The first-order valence-corrected chi connectivity index (χ1v) is 4.18. The van der Waals surface area contributed by atoms with E-state index in [1.54, 1.807) is 6.07 Å². The van der Waals surface area contributed by atoms with Crippen molar-refractivity contribution in [2.75, 3.05) is 0 Å². The molecule has 0 aromatic carbocycles. The smallest absolute Gasteiger partial charge is 0.130 e. The summed E-state index contributed by atoms with van der Waals surface area (Å²) in [7, 11) is 0. The lowest BCUT2D eigenvalue weighted by molar-refractivity contribution is 0.823. The third kappa shape index (κ3) is 2.35. The third-order valence-electron chi connectivity index (χ3n) is 1.37. The molecule has 1 aromatic rings. The van der Waals surface area contributed by atoms with Gasteiger partial charge in [0.2, 0.25) is 0 Å². The molecule has 0 bridgehead atoms. The Hall–Kier alpha value is -0.270. The Bertz CT molecular complexity index is 238. The van der Waals surface area contributed by atoms with Crippen molar-refractivity contribution in [1.82, 2.24) is 4.98 Å². The zero-order valence-electron chi connectivity index (χ0n) is 6.44. The maximum Gasteiger partial charge on any atom is 0.130 e. The maximum atomic E-state index is 5.77. The first-order valence-electron chi connectivity index (χ1n) is 3.42. The summed E-state index contributed by atoms with van der Waals surface area (Å²) >= 11 is 11.5. The SMILES string of the molecule is CC(C)c1cc(Cl)cc(Cl)n1. The zero-order valence-corrected chi connectivity index (χ0v) is 7.95. The third-order valence-corrected chi connectivity index (χ3v) is 1.78. The zero-order chi connectivity index (χ0) is 8.43. The van der Waals surface area contributed by atoms with E-state index in [1.807, 2.05) is 6.07 Å². The second-order valence-corrected chi connectivity index (χ2v) is 3.51. The molecule has 0 atom stereocenters. The second kappa shape index (κ2) is 3.42. The number of nitrogens with zero attached hydrogens (tertiary/aromatic N) is 1. The van der Waals surface area contributed by atoms with Crippen LogP contribution in [0.3, 0.4) is 0 Å². The van der Waals surface area contributed by atoms with Crippen LogP contribution in [0.5, 0.6) is 0 Å². The van der Waals surface area contributed by atoms with Crippen molar-refractivity contribution in [1.29, 1.82) is 0 Å². The van der Waals surface area contributed by atoms with Crippen LogP contribution in [0.25, 0.3) is 0 Å². The summed E-state index contributed by atoms with van der Waals surface area (Å²) in [4.78, 5) is 4.11. The second-order valence-electron chi connectivity index (χ2n) is 2.69. The maximum absolute atomic E-state index is 5.77. The number of rotatable bonds is 1. The number of pyridine rings is 1. The van der Waals surface area contributed by atoms with Crippen LogP contribution >= 0.6 is 23.2 Å². The van der Waals surface area contributed by atoms with Gasteiger partial charge in [-0.2, -0.15) is 0 Å². The van der Waals surface area contributed by atoms with Crippen LogP contribution in [0, 0.1) is 0 Å². The molecule has 1 aromatic heterocycles. The number of aromatic nitrogens is 1. The van der Waals surface area contributed by atoms with Crippen molar-refractivity contribution in [2.45, 2.75) is 19.8 Å².